The van der Waals surface area contributed by atoms with Crippen molar-refractivity contribution in [1.29, 1.82) is 0 Å². The zero-order valence-corrected chi connectivity index (χ0v) is 4.56. The Morgan fingerprint density at radius 3 is 2.43 bits per heavy atom. The van der Waals surface area contributed by atoms with E-state index < -0.39 is 0 Å². The second kappa shape index (κ2) is 1.24. The highest BCUT2D eigenvalue weighted by atomic mass is 14.4. The predicted molar refractivity (Wildman–Crippen MR) is 29.7 cm³/mol. The van der Waals surface area contributed by atoms with Crippen LogP contribution < -0.4 is 0 Å². The molecule has 2 saturated carbocycles. The van der Waals surface area contributed by atoms with E-state index in [1.165, 1.54) is 25.7 Å². The normalized spacial score (nSPS) is 48.0. The Hall–Kier alpha value is 0. The van der Waals surface area contributed by atoms with Crippen LogP contribution >= 0.6 is 0 Å². The molecule has 0 saturated heterocycles. The fraction of sp³-hybridized carbons (Fsp3) is 0.857. The van der Waals surface area contributed by atoms with Crippen LogP contribution in [0.25, 0.3) is 0 Å². The maximum Gasteiger partial charge on any atom is -0.0352 e. The minimum absolute atomic E-state index is 1.07. The van der Waals surface area contributed by atoms with Crippen molar-refractivity contribution in [2.75, 3.05) is 0 Å². The SMILES string of the molecule is [CH]1CCC2CCC12. The number of hydrogen-bond donors (Lipinski definition) is 0. The van der Waals surface area contributed by atoms with Crippen LogP contribution in [-0.2, 0) is 0 Å². The van der Waals surface area contributed by atoms with E-state index in [1.807, 2.05) is 0 Å². The van der Waals surface area contributed by atoms with Gasteiger partial charge < -0.3 is 0 Å². The fourth-order valence-corrected chi connectivity index (χ4v) is 1.79. The highest BCUT2D eigenvalue weighted by Gasteiger charge is 2.34. The molecule has 0 aromatic heterocycles. The van der Waals surface area contributed by atoms with E-state index >= 15 is 0 Å². The summed E-state index contributed by atoms with van der Waals surface area (Å²) in [5, 5.41) is 0. The van der Waals surface area contributed by atoms with Gasteiger partial charge in [0.1, 0.15) is 0 Å². The van der Waals surface area contributed by atoms with Gasteiger partial charge in [0.05, 0.1) is 0 Å². The highest BCUT2D eigenvalue weighted by Crippen LogP contribution is 2.45. The Kier molecular flexibility index (Phi) is 0.697. The summed E-state index contributed by atoms with van der Waals surface area (Å²) in [6, 6.07) is 0. The van der Waals surface area contributed by atoms with Gasteiger partial charge in [-0.05, 0) is 43.9 Å². The van der Waals surface area contributed by atoms with Gasteiger partial charge in [-0.2, -0.15) is 0 Å². The maximum atomic E-state index is 2.51. The first kappa shape index (κ1) is 3.94. The smallest absolute Gasteiger partial charge is 0.0352 e. The molecule has 2 aliphatic carbocycles. The van der Waals surface area contributed by atoms with Crippen LogP contribution in [0.15, 0.2) is 0 Å². The average molecular weight is 95.2 g/mol. The minimum atomic E-state index is 1.07. The van der Waals surface area contributed by atoms with Gasteiger partial charge in [0.2, 0.25) is 0 Å². The third-order valence-corrected chi connectivity index (χ3v) is 2.48. The summed E-state index contributed by atoms with van der Waals surface area (Å²) in [5.74, 6) is 2.21. The molecule has 0 aromatic rings. The molecule has 2 unspecified atom stereocenters. The van der Waals surface area contributed by atoms with Crippen molar-refractivity contribution in [2.45, 2.75) is 25.7 Å². The minimum Gasteiger partial charge on any atom is -0.0499 e. The number of hydrogen-bond acceptors (Lipinski definition) is 0. The largest absolute Gasteiger partial charge is 0.0499 e. The second-order valence-corrected chi connectivity index (χ2v) is 2.81. The Labute approximate surface area is 44.9 Å². The zero-order valence-electron chi connectivity index (χ0n) is 4.56. The van der Waals surface area contributed by atoms with Gasteiger partial charge in [-0.15, -0.1) is 0 Å². The van der Waals surface area contributed by atoms with Crippen molar-refractivity contribution in [1.82, 2.24) is 0 Å². The van der Waals surface area contributed by atoms with Gasteiger partial charge in [-0.1, -0.05) is 0 Å². The fourth-order valence-electron chi connectivity index (χ4n) is 1.79. The molecule has 0 heteroatoms. The van der Waals surface area contributed by atoms with E-state index in [2.05, 4.69) is 6.42 Å². The van der Waals surface area contributed by atoms with E-state index in [-0.39, 0.29) is 0 Å². The van der Waals surface area contributed by atoms with Crippen molar-refractivity contribution < 1.29 is 0 Å². The lowest BCUT2D eigenvalue weighted by molar-refractivity contribution is 0.245. The lowest BCUT2D eigenvalue weighted by Gasteiger charge is -2.29. The van der Waals surface area contributed by atoms with Crippen molar-refractivity contribution >= 4 is 0 Å². The summed E-state index contributed by atoms with van der Waals surface area (Å²) < 4.78 is 0. The van der Waals surface area contributed by atoms with Crippen LogP contribution in [0.3, 0.4) is 0 Å². The van der Waals surface area contributed by atoms with Crippen molar-refractivity contribution in [2.24, 2.45) is 11.8 Å². The average Bonchev–Trinajstić information content (AvgIpc) is 1.85. The first-order valence-corrected chi connectivity index (χ1v) is 3.30. The lowest BCUT2D eigenvalue weighted by Crippen LogP contribution is -2.19. The Morgan fingerprint density at radius 2 is 2.14 bits per heavy atom. The van der Waals surface area contributed by atoms with Crippen LogP contribution in [0.2, 0.25) is 0 Å². The molecule has 0 spiro atoms. The molecule has 2 rings (SSSR count). The zero-order chi connectivity index (χ0) is 4.69. The molecular formula is C7H11. The monoisotopic (exact) mass is 95.1 g/mol. The third-order valence-electron chi connectivity index (χ3n) is 2.48. The molecule has 0 aliphatic heterocycles. The van der Waals surface area contributed by atoms with E-state index in [1.54, 1.807) is 0 Å². The second-order valence-electron chi connectivity index (χ2n) is 2.81. The van der Waals surface area contributed by atoms with Gasteiger partial charge in [-0.25, -0.2) is 0 Å². The molecule has 2 atom stereocenters. The van der Waals surface area contributed by atoms with Crippen LogP contribution in [0.4, 0.5) is 0 Å². The third kappa shape index (κ3) is 0.427. The Bertz CT molecular complexity index is 66.1. The molecule has 0 heterocycles. The van der Waals surface area contributed by atoms with Crippen molar-refractivity contribution in [3.8, 4) is 0 Å². The molecule has 0 N–H and O–H groups in total. The molecule has 0 amide bonds. The van der Waals surface area contributed by atoms with Gasteiger partial charge >= 0.3 is 0 Å². The number of fused-ring (bicyclic) bond motifs is 1. The topological polar surface area (TPSA) is 0 Å². The number of rotatable bonds is 0. The molecule has 2 aliphatic rings. The summed E-state index contributed by atoms with van der Waals surface area (Å²) in [4.78, 5) is 0. The van der Waals surface area contributed by atoms with Gasteiger partial charge in [0, 0.05) is 0 Å². The molecule has 0 aromatic carbocycles. The van der Waals surface area contributed by atoms with Crippen LogP contribution in [0.1, 0.15) is 25.7 Å². The first-order valence-electron chi connectivity index (χ1n) is 3.30. The molecule has 0 nitrogen and oxygen atoms in total. The molecule has 39 valence electrons. The van der Waals surface area contributed by atoms with Gasteiger partial charge in [-0.3, -0.25) is 0 Å². The molecule has 2 fully saturated rings. The molecular weight excluding hydrogens is 84.1 g/mol. The predicted octanol–water partition coefficient (Wildman–Crippen LogP) is 2.01. The quantitative estimate of drug-likeness (QED) is 0.431. The highest BCUT2D eigenvalue weighted by molar-refractivity contribution is 4.96. The summed E-state index contributed by atoms with van der Waals surface area (Å²) in [5.41, 5.74) is 0. The Morgan fingerprint density at radius 1 is 1.14 bits per heavy atom. The van der Waals surface area contributed by atoms with Crippen LogP contribution in [0, 0.1) is 18.3 Å². The van der Waals surface area contributed by atoms with E-state index in [9.17, 15) is 0 Å². The van der Waals surface area contributed by atoms with E-state index in [0.29, 0.717) is 0 Å². The van der Waals surface area contributed by atoms with Crippen LogP contribution in [-0.4, -0.2) is 0 Å². The summed E-state index contributed by atoms with van der Waals surface area (Å²) >= 11 is 0. The molecule has 1 radical (unpaired) electrons. The van der Waals surface area contributed by atoms with Crippen LogP contribution in [0.5, 0.6) is 0 Å². The Balaban J connectivity index is 2.03. The summed E-state index contributed by atoms with van der Waals surface area (Å²) in [7, 11) is 0. The van der Waals surface area contributed by atoms with Gasteiger partial charge in [0.25, 0.3) is 0 Å². The molecule has 0 bridgehead atoms. The lowest BCUT2D eigenvalue weighted by atomic mass is 9.77. The van der Waals surface area contributed by atoms with E-state index in [4.69, 9.17) is 0 Å². The van der Waals surface area contributed by atoms with Gasteiger partial charge in [0.15, 0.2) is 0 Å². The first-order chi connectivity index (χ1) is 3.47. The maximum absolute atomic E-state index is 2.51. The molecule has 7 heavy (non-hydrogen) atoms. The summed E-state index contributed by atoms with van der Waals surface area (Å²) in [6.07, 6.45) is 8.46. The summed E-state index contributed by atoms with van der Waals surface area (Å²) in [6.45, 7) is 0. The van der Waals surface area contributed by atoms with Crippen molar-refractivity contribution in [3.05, 3.63) is 6.42 Å². The van der Waals surface area contributed by atoms with Crippen molar-refractivity contribution in [3.63, 3.8) is 0 Å². The van der Waals surface area contributed by atoms with E-state index in [0.717, 1.165) is 11.8 Å². The standard InChI is InChI=1S/C7H11/c1-2-6-4-5-7(6)3-1/h2,6-7H,1,3-5H2.